The first-order chi connectivity index (χ1) is 6.74. The smallest absolute Gasteiger partial charge is 0.138 e. The predicted octanol–water partition coefficient (Wildman–Crippen LogP) is 3.29. The lowest BCUT2D eigenvalue weighted by Gasteiger charge is -2.19. The van der Waals surface area contributed by atoms with E-state index < -0.39 is 0 Å². The van der Waals surface area contributed by atoms with Crippen molar-refractivity contribution in [2.75, 3.05) is 5.88 Å². The minimum atomic E-state index is 0.258. The summed E-state index contributed by atoms with van der Waals surface area (Å²) in [4.78, 5) is 0. The van der Waals surface area contributed by atoms with Crippen LogP contribution in [0.25, 0.3) is 0 Å². The third kappa shape index (κ3) is 1.81. The van der Waals surface area contributed by atoms with E-state index in [1.54, 1.807) is 0 Å². The Morgan fingerprint density at radius 3 is 2.86 bits per heavy atom. The second-order valence-corrected chi connectivity index (χ2v) is 4.76. The molecule has 0 aliphatic heterocycles. The first-order valence-electron chi connectivity index (χ1n) is 5.27. The number of hydrogen-bond donors (Lipinski definition) is 0. The molecule has 0 atom stereocenters. The molecule has 1 aliphatic carbocycles. The highest BCUT2D eigenvalue weighted by Crippen LogP contribution is 2.40. The number of halogens is 1. The summed E-state index contributed by atoms with van der Waals surface area (Å²) in [5.41, 5.74) is 1.38. The van der Waals surface area contributed by atoms with Gasteiger partial charge in [-0.3, -0.25) is 0 Å². The molecule has 14 heavy (non-hydrogen) atoms. The van der Waals surface area contributed by atoms with Crippen LogP contribution in [0.4, 0.5) is 0 Å². The summed E-state index contributed by atoms with van der Waals surface area (Å²) in [7, 11) is 0. The Balaban J connectivity index is 2.15. The number of aromatic nitrogens is 1. The molecule has 1 fully saturated rings. The Bertz CT molecular complexity index is 302. The van der Waals surface area contributed by atoms with Crippen molar-refractivity contribution in [2.24, 2.45) is 0 Å². The van der Waals surface area contributed by atoms with Gasteiger partial charge in [-0.2, -0.15) is 0 Å². The first kappa shape index (κ1) is 10.0. The highest BCUT2D eigenvalue weighted by atomic mass is 35.5. The van der Waals surface area contributed by atoms with Gasteiger partial charge in [0.2, 0.25) is 0 Å². The molecular weight excluding hydrogens is 198 g/mol. The van der Waals surface area contributed by atoms with E-state index in [0.717, 1.165) is 17.9 Å². The van der Waals surface area contributed by atoms with E-state index in [0.29, 0.717) is 5.88 Å². The van der Waals surface area contributed by atoms with Crippen molar-refractivity contribution in [1.29, 1.82) is 0 Å². The van der Waals surface area contributed by atoms with Gasteiger partial charge in [0.15, 0.2) is 0 Å². The van der Waals surface area contributed by atoms with E-state index in [2.05, 4.69) is 18.1 Å². The van der Waals surface area contributed by atoms with Crippen LogP contribution in [-0.2, 0) is 11.8 Å². The zero-order valence-electron chi connectivity index (χ0n) is 8.55. The SMILES string of the molecule is CC1(c2cc(CCCl)on2)CCCC1. The molecule has 0 amide bonds. The summed E-state index contributed by atoms with van der Waals surface area (Å²) >= 11 is 5.65. The Labute approximate surface area is 89.6 Å². The first-order valence-corrected chi connectivity index (χ1v) is 5.80. The van der Waals surface area contributed by atoms with Crippen LogP contribution in [0.15, 0.2) is 10.6 Å². The molecule has 1 aromatic rings. The van der Waals surface area contributed by atoms with Crippen LogP contribution in [0.3, 0.4) is 0 Å². The quantitative estimate of drug-likeness (QED) is 0.721. The number of alkyl halides is 1. The van der Waals surface area contributed by atoms with E-state index >= 15 is 0 Å². The summed E-state index contributed by atoms with van der Waals surface area (Å²) in [6.07, 6.45) is 5.88. The number of nitrogens with zero attached hydrogens (tertiary/aromatic N) is 1. The Hall–Kier alpha value is -0.500. The minimum absolute atomic E-state index is 0.258. The third-order valence-electron chi connectivity index (χ3n) is 3.23. The van der Waals surface area contributed by atoms with Gasteiger partial charge in [0.1, 0.15) is 5.76 Å². The normalized spacial score (nSPS) is 20.1. The molecule has 0 saturated heterocycles. The van der Waals surface area contributed by atoms with Crippen LogP contribution in [0.2, 0.25) is 0 Å². The third-order valence-corrected chi connectivity index (χ3v) is 3.41. The maximum absolute atomic E-state index is 5.65. The van der Waals surface area contributed by atoms with Gasteiger partial charge in [-0.25, -0.2) is 0 Å². The van der Waals surface area contributed by atoms with Crippen molar-refractivity contribution in [2.45, 2.75) is 44.4 Å². The molecule has 0 radical (unpaired) electrons. The second-order valence-electron chi connectivity index (χ2n) is 4.39. The second kappa shape index (κ2) is 3.93. The maximum atomic E-state index is 5.65. The standard InChI is InChI=1S/C11H16ClNO/c1-11(5-2-3-6-11)10-8-9(4-7-12)14-13-10/h8H,2-7H2,1H3. The Morgan fingerprint density at radius 1 is 1.50 bits per heavy atom. The van der Waals surface area contributed by atoms with Crippen molar-refractivity contribution in [1.82, 2.24) is 5.16 Å². The van der Waals surface area contributed by atoms with Gasteiger partial charge in [0.25, 0.3) is 0 Å². The van der Waals surface area contributed by atoms with Gasteiger partial charge in [-0.05, 0) is 12.8 Å². The lowest BCUT2D eigenvalue weighted by Crippen LogP contribution is -2.16. The van der Waals surface area contributed by atoms with Crippen molar-refractivity contribution in [3.05, 3.63) is 17.5 Å². The summed E-state index contributed by atoms with van der Waals surface area (Å²) < 4.78 is 5.25. The molecule has 1 heterocycles. The number of hydrogen-bond acceptors (Lipinski definition) is 2. The van der Waals surface area contributed by atoms with Crippen molar-refractivity contribution in [3.8, 4) is 0 Å². The molecule has 0 unspecified atom stereocenters. The molecule has 1 saturated carbocycles. The van der Waals surface area contributed by atoms with Crippen LogP contribution in [0.1, 0.15) is 44.1 Å². The fourth-order valence-electron chi connectivity index (χ4n) is 2.22. The molecule has 78 valence electrons. The highest BCUT2D eigenvalue weighted by Gasteiger charge is 2.33. The monoisotopic (exact) mass is 213 g/mol. The summed E-state index contributed by atoms with van der Waals surface area (Å²) in [6.45, 7) is 2.28. The molecule has 0 spiro atoms. The van der Waals surface area contributed by atoms with Crippen LogP contribution in [0, 0.1) is 0 Å². The highest BCUT2D eigenvalue weighted by molar-refractivity contribution is 6.17. The molecule has 1 aliphatic rings. The van der Waals surface area contributed by atoms with Crippen LogP contribution in [0.5, 0.6) is 0 Å². The maximum Gasteiger partial charge on any atom is 0.138 e. The Morgan fingerprint density at radius 2 is 2.21 bits per heavy atom. The van der Waals surface area contributed by atoms with E-state index in [1.165, 1.54) is 25.7 Å². The zero-order chi connectivity index (χ0) is 10.0. The fraction of sp³-hybridized carbons (Fsp3) is 0.727. The molecule has 2 rings (SSSR count). The predicted molar refractivity (Wildman–Crippen MR) is 56.7 cm³/mol. The lowest BCUT2D eigenvalue weighted by atomic mass is 9.85. The van der Waals surface area contributed by atoms with E-state index in [1.807, 2.05) is 0 Å². The fourth-order valence-corrected chi connectivity index (χ4v) is 2.41. The van der Waals surface area contributed by atoms with Crippen molar-refractivity contribution >= 4 is 11.6 Å². The molecule has 0 bridgehead atoms. The largest absolute Gasteiger partial charge is 0.361 e. The van der Waals surface area contributed by atoms with Crippen molar-refractivity contribution in [3.63, 3.8) is 0 Å². The van der Waals surface area contributed by atoms with Crippen LogP contribution >= 0.6 is 11.6 Å². The van der Waals surface area contributed by atoms with Gasteiger partial charge in [-0.15, -0.1) is 11.6 Å². The lowest BCUT2D eigenvalue weighted by molar-refractivity contribution is 0.357. The summed E-state index contributed by atoms with van der Waals surface area (Å²) in [6, 6.07) is 2.08. The van der Waals surface area contributed by atoms with Crippen molar-refractivity contribution < 1.29 is 4.52 Å². The molecule has 0 N–H and O–H groups in total. The molecule has 3 heteroatoms. The molecule has 1 aromatic heterocycles. The van der Waals surface area contributed by atoms with Gasteiger partial charge < -0.3 is 4.52 Å². The van der Waals surface area contributed by atoms with Gasteiger partial charge in [-0.1, -0.05) is 24.9 Å². The summed E-state index contributed by atoms with van der Waals surface area (Å²) in [5, 5.41) is 4.15. The molecular formula is C11H16ClNO. The Kier molecular flexibility index (Phi) is 2.82. The van der Waals surface area contributed by atoms with Gasteiger partial charge in [0, 0.05) is 23.8 Å². The van der Waals surface area contributed by atoms with Gasteiger partial charge in [0.05, 0.1) is 5.69 Å². The average molecular weight is 214 g/mol. The minimum Gasteiger partial charge on any atom is -0.361 e. The zero-order valence-corrected chi connectivity index (χ0v) is 9.31. The number of rotatable bonds is 3. The summed E-state index contributed by atoms with van der Waals surface area (Å²) in [5.74, 6) is 1.52. The number of aryl methyl sites for hydroxylation is 1. The van der Waals surface area contributed by atoms with E-state index in [9.17, 15) is 0 Å². The molecule has 0 aromatic carbocycles. The van der Waals surface area contributed by atoms with Crippen LogP contribution < -0.4 is 0 Å². The van der Waals surface area contributed by atoms with Gasteiger partial charge >= 0.3 is 0 Å². The average Bonchev–Trinajstić information content (AvgIpc) is 2.75. The van der Waals surface area contributed by atoms with E-state index in [4.69, 9.17) is 16.1 Å². The van der Waals surface area contributed by atoms with E-state index in [-0.39, 0.29) is 5.41 Å². The van der Waals surface area contributed by atoms with Crippen LogP contribution in [-0.4, -0.2) is 11.0 Å². The molecule has 2 nitrogen and oxygen atoms in total. The topological polar surface area (TPSA) is 26.0 Å².